The van der Waals surface area contributed by atoms with Crippen LogP contribution in [0.3, 0.4) is 0 Å². The molecule has 0 spiro atoms. The monoisotopic (exact) mass is 346 g/mol. The maximum atomic E-state index is 12.3. The van der Waals surface area contributed by atoms with E-state index in [1.807, 2.05) is 37.1 Å². The Labute approximate surface area is 149 Å². The molecule has 2 atom stereocenters. The maximum Gasteiger partial charge on any atom is 0.239 e. The summed E-state index contributed by atoms with van der Waals surface area (Å²) in [6.07, 6.45) is 3.84. The first-order chi connectivity index (χ1) is 11.6. The van der Waals surface area contributed by atoms with Crippen molar-refractivity contribution >= 4 is 11.7 Å². The number of rotatable bonds is 6. The average Bonchev–Trinajstić information content (AvgIpc) is 3.10. The largest absolute Gasteiger partial charge is 0.310 e. The van der Waals surface area contributed by atoms with E-state index in [4.69, 9.17) is 0 Å². The van der Waals surface area contributed by atoms with Gasteiger partial charge in [-0.2, -0.15) is 10.2 Å². The zero-order chi connectivity index (χ0) is 18.8. The molecule has 0 aliphatic rings. The van der Waals surface area contributed by atoms with Crippen molar-refractivity contribution in [2.75, 3.05) is 11.9 Å². The number of anilines is 1. The fourth-order valence-corrected chi connectivity index (χ4v) is 2.45. The lowest BCUT2D eigenvalue weighted by atomic mass is 9.92. The molecule has 2 aromatic rings. The molecule has 0 aliphatic heterocycles. The molecule has 2 rings (SSSR count). The second-order valence-electron chi connectivity index (χ2n) is 7.74. The Morgan fingerprint density at radius 1 is 1.32 bits per heavy atom. The summed E-state index contributed by atoms with van der Waals surface area (Å²) in [5.41, 5.74) is 2.03. The van der Waals surface area contributed by atoms with Gasteiger partial charge in [0, 0.05) is 30.8 Å². The molecular formula is C18H30N6O. The van der Waals surface area contributed by atoms with Crippen LogP contribution in [0.2, 0.25) is 0 Å². The first-order valence-corrected chi connectivity index (χ1v) is 8.66. The van der Waals surface area contributed by atoms with Crippen molar-refractivity contribution in [3.8, 4) is 0 Å². The molecule has 2 N–H and O–H groups in total. The molecule has 25 heavy (non-hydrogen) atoms. The first kappa shape index (κ1) is 19.2. The highest BCUT2D eigenvalue weighted by molar-refractivity contribution is 5.91. The van der Waals surface area contributed by atoms with Crippen LogP contribution in [0.25, 0.3) is 0 Å². The number of hydrogen-bond acceptors (Lipinski definition) is 4. The lowest BCUT2D eigenvalue weighted by Crippen LogP contribution is -2.39. The van der Waals surface area contributed by atoms with E-state index in [0.29, 0.717) is 5.82 Å². The van der Waals surface area contributed by atoms with Crippen molar-refractivity contribution in [3.05, 3.63) is 29.7 Å². The van der Waals surface area contributed by atoms with Gasteiger partial charge >= 0.3 is 0 Å². The Hall–Kier alpha value is -2.15. The van der Waals surface area contributed by atoms with Gasteiger partial charge in [0.25, 0.3) is 0 Å². The van der Waals surface area contributed by atoms with Crippen LogP contribution >= 0.6 is 0 Å². The third-order valence-electron chi connectivity index (χ3n) is 4.37. The summed E-state index contributed by atoms with van der Waals surface area (Å²) in [4.78, 5) is 12.3. The molecule has 7 nitrogen and oxygen atoms in total. The molecule has 2 aromatic heterocycles. The van der Waals surface area contributed by atoms with Crippen molar-refractivity contribution < 1.29 is 4.79 Å². The summed E-state index contributed by atoms with van der Waals surface area (Å²) in [7, 11) is 1.84. The predicted molar refractivity (Wildman–Crippen MR) is 99.7 cm³/mol. The van der Waals surface area contributed by atoms with Crippen LogP contribution in [0.5, 0.6) is 0 Å². The van der Waals surface area contributed by atoms with Crippen molar-refractivity contribution in [3.63, 3.8) is 0 Å². The number of carbonyl (C=O) groups excluding carboxylic acids is 1. The van der Waals surface area contributed by atoms with E-state index in [1.165, 1.54) is 0 Å². The number of amides is 1. The summed E-state index contributed by atoms with van der Waals surface area (Å²) >= 11 is 0. The minimum absolute atomic E-state index is 0.0508. The van der Waals surface area contributed by atoms with E-state index in [9.17, 15) is 4.79 Å². The number of hydrogen-bond donors (Lipinski definition) is 2. The van der Waals surface area contributed by atoms with Gasteiger partial charge in [-0.05, 0) is 26.3 Å². The van der Waals surface area contributed by atoms with Gasteiger partial charge in [-0.1, -0.05) is 20.8 Å². The summed E-state index contributed by atoms with van der Waals surface area (Å²) in [5, 5.41) is 15.0. The topological polar surface area (TPSA) is 76.8 Å². The van der Waals surface area contributed by atoms with Crippen molar-refractivity contribution in [2.45, 2.75) is 59.0 Å². The molecule has 0 aromatic carbocycles. The molecule has 0 saturated carbocycles. The van der Waals surface area contributed by atoms with Crippen molar-refractivity contribution in [1.29, 1.82) is 0 Å². The average molecular weight is 346 g/mol. The van der Waals surface area contributed by atoms with Crippen LogP contribution in [-0.2, 0) is 17.3 Å². The smallest absolute Gasteiger partial charge is 0.239 e. The standard InChI is InChI=1S/C18H30N6O/c1-12-9-20-24(11-12)14(3)13(2)19-10-17(25)21-16-8-15(18(4,5)6)22-23(16)7/h8-9,11,13-14,19H,10H2,1-7H3,(H,21,25)/t13-,14+/m1/s1. The predicted octanol–water partition coefficient (Wildman–Crippen LogP) is 2.40. The third-order valence-corrected chi connectivity index (χ3v) is 4.37. The van der Waals surface area contributed by atoms with Gasteiger partial charge in [0.1, 0.15) is 5.82 Å². The van der Waals surface area contributed by atoms with E-state index in [0.717, 1.165) is 11.3 Å². The molecule has 0 radical (unpaired) electrons. The van der Waals surface area contributed by atoms with E-state index in [2.05, 4.69) is 55.4 Å². The summed E-state index contributed by atoms with van der Waals surface area (Å²) in [6.45, 7) is 12.7. The Bertz CT molecular complexity index is 724. The van der Waals surface area contributed by atoms with Crippen LogP contribution in [0.1, 0.15) is 51.9 Å². The quantitative estimate of drug-likeness (QED) is 0.842. The molecule has 138 valence electrons. The number of nitrogens with one attached hydrogen (secondary N) is 2. The van der Waals surface area contributed by atoms with Gasteiger partial charge in [-0.15, -0.1) is 0 Å². The van der Waals surface area contributed by atoms with E-state index in [1.54, 1.807) is 4.68 Å². The maximum absolute atomic E-state index is 12.3. The van der Waals surface area contributed by atoms with Gasteiger partial charge < -0.3 is 10.6 Å². The number of carbonyl (C=O) groups is 1. The number of aryl methyl sites for hydroxylation is 2. The van der Waals surface area contributed by atoms with Crippen LogP contribution in [0.4, 0.5) is 5.82 Å². The fraction of sp³-hybridized carbons (Fsp3) is 0.611. The second-order valence-corrected chi connectivity index (χ2v) is 7.74. The Kier molecular flexibility index (Phi) is 5.67. The molecule has 0 aliphatic carbocycles. The highest BCUT2D eigenvalue weighted by Gasteiger charge is 2.20. The van der Waals surface area contributed by atoms with Gasteiger partial charge in [-0.3, -0.25) is 14.2 Å². The Morgan fingerprint density at radius 3 is 2.52 bits per heavy atom. The summed E-state index contributed by atoms with van der Waals surface area (Å²) in [5.74, 6) is 0.624. The zero-order valence-corrected chi connectivity index (χ0v) is 16.3. The molecule has 2 heterocycles. The molecule has 1 amide bonds. The van der Waals surface area contributed by atoms with Crippen LogP contribution in [0.15, 0.2) is 18.5 Å². The van der Waals surface area contributed by atoms with Crippen LogP contribution in [0, 0.1) is 6.92 Å². The Morgan fingerprint density at radius 2 is 2.00 bits per heavy atom. The Balaban J connectivity index is 1.89. The van der Waals surface area contributed by atoms with E-state index < -0.39 is 0 Å². The van der Waals surface area contributed by atoms with Crippen molar-refractivity contribution in [2.24, 2.45) is 7.05 Å². The van der Waals surface area contributed by atoms with Gasteiger partial charge in [0.05, 0.1) is 24.5 Å². The first-order valence-electron chi connectivity index (χ1n) is 8.66. The molecule has 0 unspecified atom stereocenters. The van der Waals surface area contributed by atoms with E-state index >= 15 is 0 Å². The molecule has 7 heteroatoms. The van der Waals surface area contributed by atoms with Crippen LogP contribution < -0.4 is 10.6 Å². The third kappa shape index (κ3) is 4.92. The highest BCUT2D eigenvalue weighted by Crippen LogP contribution is 2.23. The molecule has 0 bridgehead atoms. The van der Waals surface area contributed by atoms with Gasteiger partial charge in [0.2, 0.25) is 5.91 Å². The molecular weight excluding hydrogens is 316 g/mol. The van der Waals surface area contributed by atoms with Gasteiger partial charge in [-0.25, -0.2) is 0 Å². The summed E-state index contributed by atoms with van der Waals surface area (Å²) in [6, 6.07) is 2.20. The zero-order valence-electron chi connectivity index (χ0n) is 16.3. The van der Waals surface area contributed by atoms with Gasteiger partial charge in [0.15, 0.2) is 0 Å². The van der Waals surface area contributed by atoms with E-state index in [-0.39, 0.29) is 30.0 Å². The number of aromatic nitrogens is 4. The minimum Gasteiger partial charge on any atom is -0.310 e. The second kappa shape index (κ2) is 7.39. The fourth-order valence-electron chi connectivity index (χ4n) is 2.45. The minimum atomic E-state index is -0.0841. The van der Waals surface area contributed by atoms with Crippen LogP contribution in [-0.4, -0.2) is 38.1 Å². The highest BCUT2D eigenvalue weighted by atomic mass is 16.2. The van der Waals surface area contributed by atoms with Crippen molar-refractivity contribution in [1.82, 2.24) is 24.9 Å². The SMILES string of the molecule is Cc1cnn([C@@H](C)[C@@H](C)NCC(=O)Nc2cc(C(C)(C)C)nn2C)c1. The lowest BCUT2D eigenvalue weighted by molar-refractivity contribution is -0.115. The molecule has 0 fully saturated rings. The lowest BCUT2D eigenvalue weighted by Gasteiger charge is -2.21. The summed E-state index contributed by atoms with van der Waals surface area (Å²) < 4.78 is 3.62. The molecule has 0 saturated heterocycles. The number of nitrogens with zero attached hydrogens (tertiary/aromatic N) is 4. The normalized spacial score (nSPS) is 14.4.